The van der Waals surface area contributed by atoms with Crippen LogP contribution in [0.25, 0.3) is 0 Å². The van der Waals surface area contributed by atoms with Crippen LogP contribution in [0.1, 0.15) is 25.8 Å². The molecule has 0 bridgehead atoms. The quantitative estimate of drug-likeness (QED) is 0.430. The highest BCUT2D eigenvalue weighted by atomic mass is 15.3. The van der Waals surface area contributed by atoms with Gasteiger partial charge in [0.25, 0.3) is 0 Å². The van der Waals surface area contributed by atoms with Gasteiger partial charge >= 0.3 is 0 Å². The molecule has 1 aromatic rings. The van der Waals surface area contributed by atoms with Crippen molar-refractivity contribution in [2.75, 3.05) is 52.9 Å². The second kappa shape index (κ2) is 11.1. The maximum atomic E-state index is 4.27. The van der Waals surface area contributed by atoms with E-state index in [1.807, 2.05) is 7.05 Å². The SMILES string of the molecule is CN=C(NCCCN1CCN(Cc2ccccc2)CC1)NCC(C)C. The Morgan fingerprint density at radius 3 is 2.36 bits per heavy atom. The highest BCUT2D eigenvalue weighted by molar-refractivity contribution is 5.79. The van der Waals surface area contributed by atoms with Crippen molar-refractivity contribution in [3.05, 3.63) is 35.9 Å². The maximum absolute atomic E-state index is 4.27. The summed E-state index contributed by atoms with van der Waals surface area (Å²) in [5.74, 6) is 1.55. The van der Waals surface area contributed by atoms with Crippen LogP contribution in [0, 0.1) is 5.92 Å². The molecule has 1 aliphatic rings. The number of guanidine groups is 1. The number of nitrogens with zero attached hydrogens (tertiary/aromatic N) is 3. The minimum Gasteiger partial charge on any atom is -0.356 e. The van der Waals surface area contributed by atoms with E-state index >= 15 is 0 Å². The highest BCUT2D eigenvalue weighted by Crippen LogP contribution is 2.08. The molecule has 1 saturated heterocycles. The van der Waals surface area contributed by atoms with Crippen LogP contribution in [0.2, 0.25) is 0 Å². The van der Waals surface area contributed by atoms with Crippen molar-refractivity contribution < 1.29 is 0 Å². The fraction of sp³-hybridized carbons (Fsp3) is 0.650. The average molecular weight is 346 g/mol. The van der Waals surface area contributed by atoms with Crippen LogP contribution >= 0.6 is 0 Å². The summed E-state index contributed by atoms with van der Waals surface area (Å²) in [5, 5.41) is 6.76. The van der Waals surface area contributed by atoms with E-state index in [1.54, 1.807) is 0 Å². The molecule has 1 fully saturated rings. The van der Waals surface area contributed by atoms with Crippen molar-refractivity contribution in [3.63, 3.8) is 0 Å². The zero-order valence-corrected chi connectivity index (χ0v) is 16.2. The van der Waals surface area contributed by atoms with Crippen molar-refractivity contribution in [2.24, 2.45) is 10.9 Å². The Morgan fingerprint density at radius 2 is 1.72 bits per heavy atom. The summed E-state index contributed by atoms with van der Waals surface area (Å²) in [6.45, 7) is 13.3. The predicted octanol–water partition coefficient (Wildman–Crippen LogP) is 2.02. The van der Waals surface area contributed by atoms with Gasteiger partial charge < -0.3 is 15.5 Å². The molecule has 0 amide bonds. The zero-order valence-electron chi connectivity index (χ0n) is 16.2. The van der Waals surface area contributed by atoms with Gasteiger partial charge in [0.1, 0.15) is 0 Å². The van der Waals surface area contributed by atoms with Crippen molar-refractivity contribution >= 4 is 5.96 Å². The van der Waals surface area contributed by atoms with Crippen LogP contribution in [-0.4, -0.2) is 68.6 Å². The van der Waals surface area contributed by atoms with E-state index in [1.165, 1.54) is 31.7 Å². The molecule has 0 unspecified atom stereocenters. The smallest absolute Gasteiger partial charge is 0.190 e. The lowest BCUT2D eigenvalue weighted by Crippen LogP contribution is -2.46. The van der Waals surface area contributed by atoms with E-state index in [9.17, 15) is 0 Å². The number of piperazine rings is 1. The van der Waals surface area contributed by atoms with Crippen LogP contribution in [0.4, 0.5) is 0 Å². The Hall–Kier alpha value is -1.59. The van der Waals surface area contributed by atoms with Gasteiger partial charge in [0.05, 0.1) is 0 Å². The highest BCUT2D eigenvalue weighted by Gasteiger charge is 2.16. The monoisotopic (exact) mass is 345 g/mol. The second-order valence-electron chi connectivity index (χ2n) is 7.23. The summed E-state index contributed by atoms with van der Waals surface area (Å²) < 4.78 is 0. The molecule has 0 spiro atoms. The Bertz CT molecular complexity index is 492. The van der Waals surface area contributed by atoms with E-state index in [0.29, 0.717) is 5.92 Å². The van der Waals surface area contributed by atoms with Gasteiger partial charge in [-0.1, -0.05) is 44.2 Å². The molecule has 0 aliphatic carbocycles. The van der Waals surface area contributed by atoms with E-state index in [2.05, 4.69) is 69.6 Å². The van der Waals surface area contributed by atoms with Gasteiger partial charge in [-0.3, -0.25) is 9.89 Å². The first kappa shape index (κ1) is 19.7. The summed E-state index contributed by atoms with van der Waals surface area (Å²) in [5.41, 5.74) is 1.42. The van der Waals surface area contributed by atoms with Crippen LogP contribution in [0.5, 0.6) is 0 Å². The third-order valence-corrected chi connectivity index (χ3v) is 4.56. The summed E-state index contributed by atoms with van der Waals surface area (Å²) in [7, 11) is 1.83. The van der Waals surface area contributed by atoms with E-state index in [-0.39, 0.29) is 0 Å². The van der Waals surface area contributed by atoms with Gasteiger partial charge in [0.15, 0.2) is 5.96 Å². The Kier molecular flexibility index (Phi) is 8.77. The van der Waals surface area contributed by atoms with Crippen molar-refractivity contribution in [3.8, 4) is 0 Å². The van der Waals surface area contributed by atoms with Crippen molar-refractivity contribution in [2.45, 2.75) is 26.8 Å². The van der Waals surface area contributed by atoms with Gasteiger partial charge in [-0.15, -0.1) is 0 Å². The summed E-state index contributed by atoms with van der Waals surface area (Å²) in [6, 6.07) is 10.8. The molecule has 1 heterocycles. The lowest BCUT2D eigenvalue weighted by molar-refractivity contribution is 0.126. The van der Waals surface area contributed by atoms with Gasteiger partial charge in [-0.2, -0.15) is 0 Å². The molecule has 5 heteroatoms. The van der Waals surface area contributed by atoms with Crippen LogP contribution in [-0.2, 0) is 6.54 Å². The van der Waals surface area contributed by atoms with Crippen LogP contribution in [0.15, 0.2) is 35.3 Å². The first-order chi connectivity index (χ1) is 12.2. The molecule has 0 saturated carbocycles. The minimum atomic E-state index is 0.630. The van der Waals surface area contributed by atoms with Crippen molar-refractivity contribution in [1.82, 2.24) is 20.4 Å². The molecular formula is C20H35N5. The normalized spacial score (nSPS) is 17.0. The zero-order chi connectivity index (χ0) is 17.9. The molecule has 0 aromatic heterocycles. The fourth-order valence-electron chi connectivity index (χ4n) is 3.04. The number of rotatable bonds is 8. The molecule has 2 rings (SSSR count). The average Bonchev–Trinajstić information content (AvgIpc) is 2.63. The number of hydrogen-bond acceptors (Lipinski definition) is 3. The number of benzene rings is 1. The Labute approximate surface area is 153 Å². The lowest BCUT2D eigenvalue weighted by atomic mass is 10.2. The molecule has 5 nitrogen and oxygen atoms in total. The largest absolute Gasteiger partial charge is 0.356 e. The Balaban J connectivity index is 1.56. The van der Waals surface area contributed by atoms with Crippen LogP contribution < -0.4 is 10.6 Å². The summed E-state index contributed by atoms with van der Waals surface area (Å²) >= 11 is 0. The number of aliphatic imine (C=N–C) groups is 1. The van der Waals surface area contributed by atoms with Crippen LogP contribution in [0.3, 0.4) is 0 Å². The molecule has 1 aromatic carbocycles. The number of hydrogen-bond donors (Lipinski definition) is 2. The lowest BCUT2D eigenvalue weighted by Gasteiger charge is -2.34. The third kappa shape index (κ3) is 7.88. The van der Waals surface area contributed by atoms with Crippen molar-refractivity contribution in [1.29, 1.82) is 0 Å². The summed E-state index contributed by atoms with van der Waals surface area (Å²) in [4.78, 5) is 9.40. The topological polar surface area (TPSA) is 42.9 Å². The minimum absolute atomic E-state index is 0.630. The fourth-order valence-corrected chi connectivity index (χ4v) is 3.04. The molecule has 0 radical (unpaired) electrons. The van der Waals surface area contributed by atoms with E-state index < -0.39 is 0 Å². The molecule has 140 valence electrons. The van der Waals surface area contributed by atoms with Gasteiger partial charge in [-0.05, 0) is 24.4 Å². The third-order valence-electron chi connectivity index (χ3n) is 4.56. The predicted molar refractivity (Wildman–Crippen MR) is 107 cm³/mol. The Morgan fingerprint density at radius 1 is 1.04 bits per heavy atom. The first-order valence-electron chi connectivity index (χ1n) is 9.60. The van der Waals surface area contributed by atoms with Gasteiger partial charge in [0, 0.05) is 52.9 Å². The second-order valence-corrected chi connectivity index (χ2v) is 7.23. The van der Waals surface area contributed by atoms with Gasteiger partial charge in [-0.25, -0.2) is 0 Å². The molecule has 0 atom stereocenters. The molecule has 1 aliphatic heterocycles. The summed E-state index contributed by atoms with van der Waals surface area (Å²) in [6.07, 6.45) is 1.15. The van der Waals surface area contributed by atoms with E-state index in [0.717, 1.165) is 38.6 Å². The molecular weight excluding hydrogens is 310 g/mol. The maximum Gasteiger partial charge on any atom is 0.190 e. The molecule has 2 N–H and O–H groups in total. The standard InChI is InChI=1S/C20H35N5/c1-18(2)16-23-20(21-3)22-10-7-11-24-12-14-25(15-13-24)17-19-8-5-4-6-9-19/h4-6,8-9,18H,7,10-17H2,1-3H3,(H2,21,22,23). The number of nitrogens with one attached hydrogen (secondary N) is 2. The van der Waals surface area contributed by atoms with Gasteiger partial charge in [0.2, 0.25) is 0 Å². The first-order valence-corrected chi connectivity index (χ1v) is 9.60. The molecule has 25 heavy (non-hydrogen) atoms. The van der Waals surface area contributed by atoms with E-state index in [4.69, 9.17) is 0 Å².